The van der Waals surface area contributed by atoms with E-state index < -0.39 is 11.2 Å². The number of nitrogens with one attached hydrogen (secondary N) is 2. The molecule has 0 saturated heterocycles. The predicted molar refractivity (Wildman–Crippen MR) is 116 cm³/mol. The number of amides is 1. The van der Waals surface area contributed by atoms with E-state index in [1.165, 1.54) is 0 Å². The molecule has 1 amide bonds. The van der Waals surface area contributed by atoms with Gasteiger partial charge in [0.05, 0.1) is 11.0 Å². The third kappa shape index (κ3) is 3.71. The summed E-state index contributed by atoms with van der Waals surface area (Å²) in [7, 11) is 0. The summed E-state index contributed by atoms with van der Waals surface area (Å²) in [6.07, 6.45) is 0.909. The normalized spacial score (nSPS) is 11.1. The Morgan fingerprint density at radius 3 is 2.57 bits per heavy atom. The first kappa shape index (κ1) is 19.5. The van der Waals surface area contributed by atoms with E-state index in [-0.39, 0.29) is 23.6 Å². The second-order valence-corrected chi connectivity index (χ2v) is 7.10. The summed E-state index contributed by atoms with van der Waals surface area (Å²) in [4.78, 5) is 48.7. The summed E-state index contributed by atoms with van der Waals surface area (Å²) < 4.78 is 1.15. The third-order valence-corrected chi connectivity index (χ3v) is 4.99. The number of anilines is 1. The third-order valence-electron chi connectivity index (χ3n) is 4.99. The number of H-pyrrole nitrogens is 1. The lowest BCUT2D eigenvalue weighted by molar-refractivity contribution is -0.115. The number of hydrogen-bond acceptors (Lipinski definition) is 5. The molecule has 2 heterocycles. The molecule has 0 aliphatic heterocycles. The minimum atomic E-state index is -0.524. The van der Waals surface area contributed by atoms with Crippen LogP contribution in [0.2, 0.25) is 0 Å². The molecule has 2 aromatic carbocycles. The highest BCUT2D eigenvalue weighted by atomic mass is 16.2. The van der Waals surface area contributed by atoms with Gasteiger partial charge in [0, 0.05) is 18.7 Å². The number of carbonyl (C=O) groups excluding carboxylic acids is 1. The van der Waals surface area contributed by atoms with Crippen molar-refractivity contribution >= 4 is 33.8 Å². The lowest BCUT2D eigenvalue weighted by atomic mass is 10.1. The van der Waals surface area contributed by atoms with Gasteiger partial charge in [-0.15, -0.1) is 0 Å². The zero-order valence-corrected chi connectivity index (χ0v) is 16.7. The van der Waals surface area contributed by atoms with Gasteiger partial charge in [-0.25, -0.2) is 14.8 Å². The Morgan fingerprint density at radius 2 is 1.83 bits per heavy atom. The first-order chi connectivity index (χ1) is 14.5. The first-order valence-corrected chi connectivity index (χ1v) is 9.75. The van der Waals surface area contributed by atoms with Crippen LogP contribution in [0.1, 0.15) is 24.5 Å². The summed E-state index contributed by atoms with van der Waals surface area (Å²) in [6, 6.07) is 13.1. The van der Waals surface area contributed by atoms with Gasteiger partial charge in [-0.3, -0.25) is 19.1 Å². The molecular formula is C22H21N5O3. The van der Waals surface area contributed by atoms with E-state index in [9.17, 15) is 14.4 Å². The highest BCUT2D eigenvalue weighted by Gasteiger charge is 2.13. The molecule has 152 valence electrons. The lowest BCUT2D eigenvalue weighted by Crippen LogP contribution is -2.36. The van der Waals surface area contributed by atoms with Gasteiger partial charge in [0.1, 0.15) is 0 Å². The van der Waals surface area contributed by atoms with Crippen molar-refractivity contribution in [2.75, 3.05) is 5.32 Å². The number of rotatable bonds is 5. The molecule has 8 nitrogen and oxygen atoms in total. The van der Waals surface area contributed by atoms with Crippen LogP contribution in [0.15, 0.2) is 52.1 Å². The first-order valence-electron chi connectivity index (χ1n) is 9.75. The Hall–Kier alpha value is -3.81. The summed E-state index contributed by atoms with van der Waals surface area (Å²) in [6.45, 7) is 3.86. The van der Waals surface area contributed by atoms with Crippen molar-refractivity contribution in [1.82, 2.24) is 19.5 Å². The lowest BCUT2D eigenvalue weighted by Gasteiger charge is -2.10. The van der Waals surface area contributed by atoms with E-state index in [0.29, 0.717) is 29.6 Å². The molecule has 0 saturated carbocycles. The van der Waals surface area contributed by atoms with E-state index in [2.05, 4.69) is 20.3 Å². The Kier molecular flexibility index (Phi) is 5.14. The van der Waals surface area contributed by atoms with Crippen molar-refractivity contribution in [1.29, 1.82) is 0 Å². The SMILES string of the molecule is CCC(=O)Nc1cc2nc3[nH]c(=O)n(CCc4ccccc4)c(=O)c3nc2cc1C. The Bertz CT molecular complexity index is 1370. The van der Waals surface area contributed by atoms with Crippen molar-refractivity contribution < 1.29 is 4.79 Å². The molecule has 0 radical (unpaired) electrons. The molecule has 2 aromatic heterocycles. The van der Waals surface area contributed by atoms with E-state index in [1.807, 2.05) is 37.3 Å². The Balaban J connectivity index is 1.78. The number of hydrogen-bond donors (Lipinski definition) is 2. The zero-order chi connectivity index (χ0) is 21.3. The van der Waals surface area contributed by atoms with Crippen molar-refractivity contribution in [2.45, 2.75) is 33.2 Å². The minimum absolute atomic E-state index is 0.110. The number of carbonyl (C=O) groups is 1. The molecule has 2 N–H and O–H groups in total. The van der Waals surface area contributed by atoms with Crippen LogP contribution >= 0.6 is 0 Å². The molecular weight excluding hydrogens is 382 g/mol. The van der Waals surface area contributed by atoms with E-state index in [1.54, 1.807) is 19.1 Å². The van der Waals surface area contributed by atoms with Gasteiger partial charge >= 0.3 is 5.69 Å². The average molecular weight is 403 g/mol. The molecule has 8 heteroatoms. The largest absolute Gasteiger partial charge is 0.330 e. The molecule has 30 heavy (non-hydrogen) atoms. The fourth-order valence-corrected chi connectivity index (χ4v) is 3.29. The highest BCUT2D eigenvalue weighted by Crippen LogP contribution is 2.22. The van der Waals surface area contributed by atoms with Crippen LogP contribution in [0.4, 0.5) is 5.69 Å². The van der Waals surface area contributed by atoms with Crippen LogP contribution in [0.25, 0.3) is 22.2 Å². The van der Waals surface area contributed by atoms with Gasteiger partial charge in [0.25, 0.3) is 5.56 Å². The van der Waals surface area contributed by atoms with Crippen LogP contribution in [0, 0.1) is 6.92 Å². The molecule has 0 aliphatic rings. The average Bonchev–Trinajstić information content (AvgIpc) is 2.74. The Labute approximate surface area is 171 Å². The van der Waals surface area contributed by atoms with E-state index >= 15 is 0 Å². The maximum absolute atomic E-state index is 12.9. The van der Waals surface area contributed by atoms with Crippen molar-refractivity contribution in [3.05, 3.63) is 74.4 Å². The van der Waals surface area contributed by atoms with Gasteiger partial charge in [-0.05, 0) is 36.6 Å². The van der Waals surface area contributed by atoms with Gasteiger partial charge in [0.15, 0.2) is 11.2 Å². The van der Waals surface area contributed by atoms with E-state index in [4.69, 9.17) is 0 Å². The van der Waals surface area contributed by atoms with E-state index in [0.717, 1.165) is 15.7 Å². The molecule has 0 bridgehead atoms. The predicted octanol–water partition coefficient (Wildman–Crippen LogP) is 2.53. The standard InChI is InChI=1S/C22H21N5O3/c1-3-18(28)23-15-12-17-16(11-13(15)2)24-19-20(25-17)26-22(30)27(21(19)29)10-9-14-7-5-4-6-8-14/h4-8,11-12H,3,9-10H2,1-2H3,(H,23,28)(H,25,26,30). The second kappa shape index (κ2) is 7.90. The monoisotopic (exact) mass is 403 g/mol. The zero-order valence-electron chi connectivity index (χ0n) is 16.7. The molecule has 0 fully saturated rings. The van der Waals surface area contributed by atoms with Gasteiger partial charge in [-0.2, -0.15) is 0 Å². The summed E-state index contributed by atoms with van der Waals surface area (Å²) in [5.41, 5.74) is 2.72. The van der Waals surface area contributed by atoms with Gasteiger partial charge in [0.2, 0.25) is 5.91 Å². The van der Waals surface area contributed by atoms with Crippen molar-refractivity contribution in [2.24, 2.45) is 0 Å². The molecule has 4 rings (SSSR count). The fourth-order valence-electron chi connectivity index (χ4n) is 3.29. The van der Waals surface area contributed by atoms with Crippen LogP contribution < -0.4 is 16.6 Å². The maximum Gasteiger partial charge on any atom is 0.330 e. The number of fused-ring (bicyclic) bond motifs is 2. The van der Waals surface area contributed by atoms with Crippen LogP contribution in [-0.4, -0.2) is 25.4 Å². The van der Waals surface area contributed by atoms with Gasteiger partial charge in [-0.1, -0.05) is 37.3 Å². The van der Waals surface area contributed by atoms with Crippen molar-refractivity contribution in [3.63, 3.8) is 0 Å². The summed E-state index contributed by atoms with van der Waals surface area (Å²) in [5, 5.41) is 2.82. The number of nitrogens with zero attached hydrogens (tertiary/aromatic N) is 3. The quantitative estimate of drug-likeness (QED) is 0.498. The molecule has 0 spiro atoms. The molecule has 0 unspecified atom stereocenters. The second-order valence-electron chi connectivity index (χ2n) is 7.10. The fraction of sp³-hybridized carbons (Fsp3) is 0.227. The maximum atomic E-state index is 12.9. The van der Waals surface area contributed by atoms with Crippen LogP contribution in [-0.2, 0) is 17.8 Å². The van der Waals surface area contributed by atoms with Crippen LogP contribution in [0.3, 0.4) is 0 Å². The van der Waals surface area contributed by atoms with Crippen LogP contribution in [0.5, 0.6) is 0 Å². The minimum Gasteiger partial charge on any atom is -0.326 e. The highest BCUT2D eigenvalue weighted by molar-refractivity contribution is 5.95. The van der Waals surface area contributed by atoms with Crippen molar-refractivity contribution in [3.8, 4) is 0 Å². The molecule has 4 aromatic rings. The molecule has 0 atom stereocenters. The topological polar surface area (TPSA) is 110 Å². The number of aryl methyl sites for hydroxylation is 2. The molecule has 0 aliphatic carbocycles. The van der Waals surface area contributed by atoms with Gasteiger partial charge < -0.3 is 5.32 Å². The number of benzene rings is 2. The summed E-state index contributed by atoms with van der Waals surface area (Å²) in [5.74, 6) is -0.110. The number of aromatic amines is 1. The summed E-state index contributed by atoms with van der Waals surface area (Å²) >= 11 is 0. The number of aromatic nitrogens is 4. The Morgan fingerprint density at radius 1 is 1.10 bits per heavy atom. The smallest absolute Gasteiger partial charge is 0.326 e.